The molecule has 0 saturated heterocycles. The molecule has 0 aromatic rings. The van der Waals surface area contributed by atoms with Crippen molar-refractivity contribution < 1.29 is 27.9 Å². The summed E-state index contributed by atoms with van der Waals surface area (Å²) in [5, 5.41) is 8.64. The molecule has 0 aliphatic carbocycles. The lowest BCUT2D eigenvalue weighted by Gasteiger charge is -2.25. The van der Waals surface area contributed by atoms with Crippen molar-refractivity contribution in [2.75, 3.05) is 0 Å². The molecule has 1 N–H and O–H groups in total. The Bertz CT molecular complexity index is 241. The van der Waals surface area contributed by atoms with Gasteiger partial charge in [-0.25, -0.2) is 0 Å². The number of carbonyl (C=O) groups excluding carboxylic acids is 1. The smallest absolute Gasteiger partial charge is 0.451 e. The van der Waals surface area contributed by atoms with Crippen molar-refractivity contribution in [3.05, 3.63) is 0 Å². The third kappa shape index (κ3) is 2.05. The van der Waals surface area contributed by atoms with Crippen LogP contribution in [-0.4, -0.2) is 23.0 Å². The fourth-order valence-corrected chi connectivity index (χ4v) is 1.24. The number of Topliss-reactive ketones (excluding diaryl/α,β-unsaturated/α-hetero) is 1. The molecule has 82 valence electrons. The normalized spacial score (nSPS) is 12.6. The minimum Gasteiger partial charge on any atom is -0.480 e. The van der Waals surface area contributed by atoms with Crippen LogP contribution in [0, 0.1) is 5.41 Å². The van der Waals surface area contributed by atoms with Gasteiger partial charge < -0.3 is 5.11 Å². The number of hydrogen-bond donors (Lipinski definition) is 1. The maximum Gasteiger partial charge on any atom is 0.451 e. The molecular weight excluding hydrogens is 201 g/mol. The Labute approximate surface area is 78.9 Å². The number of carboxylic acid groups (broad SMARTS) is 1. The maximum absolute atomic E-state index is 12.1. The van der Waals surface area contributed by atoms with Gasteiger partial charge in [0, 0.05) is 0 Å². The Morgan fingerprint density at radius 3 is 1.57 bits per heavy atom. The molecule has 0 unspecified atom stereocenters. The van der Waals surface area contributed by atoms with Crippen LogP contribution in [0.4, 0.5) is 13.2 Å². The summed E-state index contributed by atoms with van der Waals surface area (Å²) >= 11 is 0. The summed E-state index contributed by atoms with van der Waals surface area (Å²) in [5.41, 5.74) is -2.32. The summed E-state index contributed by atoms with van der Waals surface area (Å²) in [7, 11) is 0. The average Bonchev–Trinajstić information content (AvgIpc) is 2.05. The molecule has 3 nitrogen and oxygen atoms in total. The first-order chi connectivity index (χ1) is 6.22. The van der Waals surface area contributed by atoms with Crippen molar-refractivity contribution in [1.29, 1.82) is 0 Å². The average molecular weight is 212 g/mol. The zero-order valence-electron chi connectivity index (χ0n) is 7.81. The second kappa shape index (κ2) is 3.98. The van der Waals surface area contributed by atoms with E-state index in [0.29, 0.717) is 0 Å². The highest BCUT2D eigenvalue weighted by atomic mass is 19.4. The predicted octanol–water partition coefficient (Wildman–Crippen LogP) is 2.01. The minimum absolute atomic E-state index is 0.364. The lowest BCUT2D eigenvalue weighted by molar-refractivity contribution is -0.188. The molecule has 0 aliphatic heterocycles. The molecule has 0 heterocycles. The summed E-state index contributed by atoms with van der Waals surface area (Å²) in [4.78, 5) is 21.5. The van der Waals surface area contributed by atoms with Crippen LogP contribution in [0.1, 0.15) is 26.7 Å². The van der Waals surface area contributed by atoms with Crippen molar-refractivity contribution in [2.45, 2.75) is 32.9 Å². The second-order valence-corrected chi connectivity index (χ2v) is 2.92. The first-order valence-electron chi connectivity index (χ1n) is 4.07. The molecular formula is C8H11F3O3. The number of carboxylic acids is 1. The van der Waals surface area contributed by atoms with Gasteiger partial charge in [0.2, 0.25) is 0 Å². The van der Waals surface area contributed by atoms with Gasteiger partial charge in [-0.3, -0.25) is 9.59 Å². The quantitative estimate of drug-likeness (QED) is 0.725. The van der Waals surface area contributed by atoms with Gasteiger partial charge in [0.1, 0.15) is 5.41 Å². The highest BCUT2D eigenvalue weighted by Gasteiger charge is 2.55. The Balaban J connectivity index is 5.22. The number of aliphatic carboxylic acids is 1. The van der Waals surface area contributed by atoms with E-state index in [1.807, 2.05) is 0 Å². The lowest BCUT2D eigenvalue weighted by Crippen LogP contribution is -2.45. The van der Waals surface area contributed by atoms with Crippen molar-refractivity contribution >= 4 is 11.8 Å². The fourth-order valence-electron chi connectivity index (χ4n) is 1.24. The SMILES string of the molecule is CCC(CC)(C(=O)O)C(=O)C(F)(F)F. The van der Waals surface area contributed by atoms with Crippen LogP contribution in [0.25, 0.3) is 0 Å². The minimum atomic E-state index is -5.09. The highest BCUT2D eigenvalue weighted by molar-refractivity contribution is 6.05. The van der Waals surface area contributed by atoms with E-state index < -0.39 is 23.3 Å². The zero-order chi connectivity index (χ0) is 11.6. The second-order valence-electron chi connectivity index (χ2n) is 2.92. The number of ketones is 1. The van der Waals surface area contributed by atoms with Gasteiger partial charge in [-0.05, 0) is 12.8 Å². The van der Waals surface area contributed by atoms with E-state index in [0.717, 1.165) is 0 Å². The first-order valence-corrected chi connectivity index (χ1v) is 4.07. The summed E-state index contributed by atoms with van der Waals surface area (Å²) in [6, 6.07) is 0. The number of carbonyl (C=O) groups is 2. The zero-order valence-corrected chi connectivity index (χ0v) is 7.81. The summed E-state index contributed by atoms with van der Waals surface area (Å²) in [6.07, 6.45) is -5.82. The number of alkyl halides is 3. The molecule has 0 radical (unpaired) electrons. The van der Waals surface area contributed by atoms with Crippen LogP contribution in [0.2, 0.25) is 0 Å². The lowest BCUT2D eigenvalue weighted by atomic mass is 9.78. The van der Waals surface area contributed by atoms with Gasteiger partial charge in [-0.2, -0.15) is 13.2 Å². The van der Waals surface area contributed by atoms with E-state index in [2.05, 4.69) is 0 Å². The van der Waals surface area contributed by atoms with E-state index in [1.54, 1.807) is 0 Å². The fraction of sp³-hybridized carbons (Fsp3) is 0.750. The monoisotopic (exact) mass is 212 g/mol. The van der Waals surface area contributed by atoms with Gasteiger partial charge in [-0.15, -0.1) is 0 Å². The van der Waals surface area contributed by atoms with E-state index in [4.69, 9.17) is 5.11 Å². The van der Waals surface area contributed by atoms with Crippen LogP contribution in [0.15, 0.2) is 0 Å². The number of hydrogen-bond acceptors (Lipinski definition) is 2. The van der Waals surface area contributed by atoms with Crippen molar-refractivity contribution in [2.24, 2.45) is 5.41 Å². The summed E-state index contributed by atoms with van der Waals surface area (Å²) in [5.74, 6) is -3.90. The Morgan fingerprint density at radius 2 is 1.50 bits per heavy atom. The Hall–Kier alpha value is -1.07. The first kappa shape index (κ1) is 12.9. The van der Waals surface area contributed by atoms with Gasteiger partial charge in [-0.1, -0.05) is 13.8 Å². The molecule has 0 rings (SSSR count). The molecule has 14 heavy (non-hydrogen) atoms. The maximum atomic E-state index is 12.1. The molecule has 0 spiro atoms. The highest BCUT2D eigenvalue weighted by Crippen LogP contribution is 2.35. The van der Waals surface area contributed by atoms with E-state index in [1.165, 1.54) is 13.8 Å². The molecule has 0 bridgehead atoms. The molecule has 0 saturated carbocycles. The Morgan fingerprint density at radius 1 is 1.14 bits per heavy atom. The molecule has 6 heteroatoms. The number of halogens is 3. The molecule has 0 aromatic carbocycles. The Kier molecular flexibility index (Phi) is 3.67. The topological polar surface area (TPSA) is 54.4 Å². The van der Waals surface area contributed by atoms with Crippen LogP contribution in [-0.2, 0) is 9.59 Å². The van der Waals surface area contributed by atoms with Crippen LogP contribution < -0.4 is 0 Å². The van der Waals surface area contributed by atoms with Crippen LogP contribution in [0.5, 0.6) is 0 Å². The molecule has 0 atom stereocenters. The van der Waals surface area contributed by atoms with Gasteiger partial charge in [0.05, 0.1) is 0 Å². The standard InChI is InChI=1S/C8H11F3O3/c1-3-7(4-2,6(13)14)5(12)8(9,10)11/h3-4H2,1-2H3,(H,13,14). The van der Waals surface area contributed by atoms with Crippen molar-refractivity contribution in [3.63, 3.8) is 0 Å². The van der Waals surface area contributed by atoms with Gasteiger partial charge in [0.25, 0.3) is 5.78 Å². The van der Waals surface area contributed by atoms with Gasteiger partial charge in [0.15, 0.2) is 0 Å². The third-order valence-electron chi connectivity index (χ3n) is 2.31. The van der Waals surface area contributed by atoms with Crippen molar-refractivity contribution in [3.8, 4) is 0 Å². The summed E-state index contributed by atoms with van der Waals surface area (Å²) in [6.45, 7) is 2.50. The largest absolute Gasteiger partial charge is 0.480 e. The molecule has 0 aromatic heterocycles. The predicted molar refractivity (Wildman–Crippen MR) is 41.7 cm³/mol. The third-order valence-corrected chi connectivity index (χ3v) is 2.31. The molecule has 0 fully saturated rings. The number of rotatable bonds is 4. The van der Waals surface area contributed by atoms with Crippen LogP contribution in [0.3, 0.4) is 0 Å². The van der Waals surface area contributed by atoms with E-state index >= 15 is 0 Å². The van der Waals surface area contributed by atoms with Gasteiger partial charge >= 0.3 is 12.1 Å². The summed E-state index contributed by atoms with van der Waals surface area (Å²) < 4.78 is 36.2. The van der Waals surface area contributed by atoms with Crippen molar-refractivity contribution in [1.82, 2.24) is 0 Å². The molecule has 0 amide bonds. The van der Waals surface area contributed by atoms with E-state index in [9.17, 15) is 22.8 Å². The molecule has 0 aliphatic rings. The van der Waals surface area contributed by atoms with E-state index in [-0.39, 0.29) is 12.8 Å². The van der Waals surface area contributed by atoms with Crippen LogP contribution >= 0.6 is 0 Å².